The van der Waals surface area contributed by atoms with Crippen LogP contribution in [0, 0.1) is 6.92 Å². The predicted octanol–water partition coefficient (Wildman–Crippen LogP) is 3.88. The van der Waals surface area contributed by atoms with E-state index in [1.54, 1.807) is 18.0 Å². The molecule has 0 bridgehead atoms. The first-order valence-electron chi connectivity index (χ1n) is 6.96. The van der Waals surface area contributed by atoms with Crippen molar-refractivity contribution in [3.8, 4) is 0 Å². The molecule has 110 valence electrons. The second-order valence-corrected chi connectivity index (χ2v) is 5.54. The van der Waals surface area contributed by atoms with Gasteiger partial charge in [-0.2, -0.15) is 0 Å². The van der Waals surface area contributed by atoms with E-state index in [1.807, 2.05) is 6.92 Å². The SMILES string of the molecule is CCc1ccc(CN(C)C(=O)c2cnc(C)cc2Cl)cc1. The molecule has 0 fully saturated rings. The van der Waals surface area contributed by atoms with E-state index < -0.39 is 0 Å². The molecule has 0 aliphatic rings. The smallest absolute Gasteiger partial charge is 0.256 e. The second-order valence-electron chi connectivity index (χ2n) is 5.14. The highest BCUT2D eigenvalue weighted by Gasteiger charge is 2.16. The van der Waals surface area contributed by atoms with Crippen molar-refractivity contribution in [2.75, 3.05) is 7.05 Å². The first-order chi connectivity index (χ1) is 10.0. The topological polar surface area (TPSA) is 33.2 Å². The molecule has 2 aromatic rings. The Labute approximate surface area is 130 Å². The lowest BCUT2D eigenvalue weighted by Crippen LogP contribution is -2.26. The van der Waals surface area contributed by atoms with E-state index in [2.05, 4.69) is 36.2 Å². The number of halogens is 1. The number of nitrogens with zero attached hydrogens (tertiary/aromatic N) is 2. The molecule has 2 rings (SSSR count). The third-order valence-corrected chi connectivity index (χ3v) is 3.73. The first-order valence-corrected chi connectivity index (χ1v) is 7.34. The highest BCUT2D eigenvalue weighted by atomic mass is 35.5. The third kappa shape index (κ3) is 3.82. The fourth-order valence-corrected chi connectivity index (χ4v) is 2.40. The van der Waals surface area contributed by atoms with Gasteiger partial charge in [-0.05, 0) is 30.5 Å². The number of hydrogen-bond donors (Lipinski definition) is 0. The monoisotopic (exact) mass is 302 g/mol. The summed E-state index contributed by atoms with van der Waals surface area (Å²) in [5.74, 6) is -0.118. The van der Waals surface area contributed by atoms with Crippen LogP contribution in [0.1, 0.15) is 34.1 Å². The van der Waals surface area contributed by atoms with Crippen molar-refractivity contribution in [3.05, 3.63) is 63.9 Å². The van der Waals surface area contributed by atoms with Crippen LogP contribution < -0.4 is 0 Å². The molecule has 0 aliphatic carbocycles. The van der Waals surface area contributed by atoms with E-state index in [4.69, 9.17) is 11.6 Å². The van der Waals surface area contributed by atoms with Gasteiger partial charge in [0.25, 0.3) is 5.91 Å². The quantitative estimate of drug-likeness (QED) is 0.859. The van der Waals surface area contributed by atoms with Crippen LogP contribution in [-0.4, -0.2) is 22.8 Å². The van der Waals surface area contributed by atoms with Crippen LogP contribution >= 0.6 is 11.6 Å². The Hall–Kier alpha value is -1.87. The van der Waals surface area contributed by atoms with E-state index in [0.29, 0.717) is 17.1 Å². The van der Waals surface area contributed by atoms with Gasteiger partial charge in [-0.3, -0.25) is 9.78 Å². The Morgan fingerprint density at radius 2 is 1.86 bits per heavy atom. The van der Waals surface area contributed by atoms with Gasteiger partial charge in [-0.25, -0.2) is 0 Å². The number of pyridine rings is 1. The minimum Gasteiger partial charge on any atom is -0.337 e. The standard InChI is InChI=1S/C17H19ClN2O/c1-4-13-5-7-14(8-6-13)11-20(3)17(21)15-10-19-12(2)9-16(15)18/h5-10H,4,11H2,1-3H3. The number of amides is 1. The molecule has 0 spiro atoms. The maximum atomic E-state index is 12.4. The minimum atomic E-state index is -0.118. The zero-order valence-corrected chi connectivity index (χ0v) is 13.3. The summed E-state index contributed by atoms with van der Waals surface area (Å²) in [7, 11) is 1.77. The van der Waals surface area contributed by atoms with E-state index in [-0.39, 0.29) is 5.91 Å². The van der Waals surface area contributed by atoms with Gasteiger partial charge in [0, 0.05) is 25.5 Å². The Morgan fingerprint density at radius 3 is 2.43 bits per heavy atom. The van der Waals surface area contributed by atoms with Crippen LogP contribution in [0.2, 0.25) is 5.02 Å². The zero-order valence-electron chi connectivity index (χ0n) is 12.6. The molecule has 4 heteroatoms. The van der Waals surface area contributed by atoms with Gasteiger partial charge < -0.3 is 4.90 Å². The summed E-state index contributed by atoms with van der Waals surface area (Å²) >= 11 is 6.12. The number of carbonyl (C=O) groups excluding carboxylic acids is 1. The van der Waals surface area contributed by atoms with Crippen molar-refractivity contribution in [3.63, 3.8) is 0 Å². The normalized spacial score (nSPS) is 10.5. The lowest BCUT2D eigenvalue weighted by atomic mass is 10.1. The number of aromatic nitrogens is 1. The van der Waals surface area contributed by atoms with Crippen molar-refractivity contribution in [1.82, 2.24) is 9.88 Å². The predicted molar refractivity (Wildman–Crippen MR) is 85.6 cm³/mol. The maximum absolute atomic E-state index is 12.4. The van der Waals surface area contributed by atoms with E-state index in [9.17, 15) is 4.79 Å². The molecular formula is C17H19ClN2O. The molecule has 1 aromatic heterocycles. The largest absolute Gasteiger partial charge is 0.337 e. The van der Waals surface area contributed by atoms with E-state index >= 15 is 0 Å². The van der Waals surface area contributed by atoms with Gasteiger partial charge in [0.2, 0.25) is 0 Å². The zero-order chi connectivity index (χ0) is 15.4. The summed E-state index contributed by atoms with van der Waals surface area (Å²) in [6, 6.07) is 10.00. The summed E-state index contributed by atoms with van der Waals surface area (Å²) < 4.78 is 0. The molecule has 0 radical (unpaired) electrons. The van der Waals surface area contributed by atoms with Crippen LogP contribution in [0.15, 0.2) is 36.5 Å². The molecule has 1 amide bonds. The second kappa shape index (κ2) is 6.72. The number of hydrogen-bond acceptors (Lipinski definition) is 2. The Balaban J connectivity index is 2.11. The summed E-state index contributed by atoms with van der Waals surface area (Å²) in [6.45, 7) is 4.52. The third-order valence-electron chi connectivity index (χ3n) is 3.42. The first kappa shape index (κ1) is 15.5. The molecule has 0 aliphatic heterocycles. The Kier molecular flexibility index (Phi) is 4.97. The van der Waals surface area contributed by atoms with Crippen LogP contribution in [0.3, 0.4) is 0 Å². The van der Waals surface area contributed by atoms with Crippen LogP contribution in [0.4, 0.5) is 0 Å². The van der Waals surface area contributed by atoms with Gasteiger partial charge in [0.15, 0.2) is 0 Å². The molecule has 1 heterocycles. The number of carbonyl (C=O) groups is 1. The molecular weight excluding hydrogens is 284 g/mol. The van der Waals surface area contributed by atoms with Crippen molar-refractivity contribution < 1.29 is 4.79 Å². The highest BCUT2D eigenvalue weighted by molar-refractivity contribution is 6.33. The van der Waals surface area contributed by atoms with Gasteiger partial charge in [-0.1, -0.05) is 42.8 Å². The van der Waals surface area contributed by atoms with Crippen LogP contribution in [-0.2, 0) is 13.0 Å². The highest BCUT2D eigenvalue weighted by Crippen LogP contribution is 2.18. The van der Waals surface area contributed by atoms with Crippen LogP contribution in [0.5, 0.6) is 0 Å². The summed E-state index contributed by atoms with van der Waals surface area (Å²) in [5, 5.41) is 0.445. The molecule has 0 unspecified atom stereocenters. The molecule has 0 saturated heterocycles. The summed E-state index contributed by atoms with van der Waals surface area (Å²) in [4.78, 5) is 18.2. The Bertz CT molecular complexity index is 638. The van der Waals surface area contributed by atoms with Gasteiger partial charge in [-0.15, -0.1) is 0 Å². The van der Waals surface area contributed by atoms with Gasteiger partial charge in [0.05, 0.1) is 10.6 Å². The maximum Gasteiger partial charge on any atom is 0.256 e. The molecule has 0 atom stereocenters. The molecule has 1 aromatic carbocycles. The molecule has 21 heavy (non-hydrogen) atoms. The fraction of sp³-hybridized carbons (Fsp3) is 0.294. The summed E-state index contributed by atoms with van der Waals surface area (Å²) in [6.07, 6.45) is 2.55. The lowest BCUT2D eigenvalue weighted by molar-refractivity contribution is 0.0785. The minimum absolute atomic E-state index is 0.118. The number of aryl methyl sites for hydroxylation is 2. The van der Waals surface area contributed by atoms with Crippen molar-refractivity contribution in [1.29, 1.82) is 0 Å². The summed E-state index contributed by atoms with van der Waals surface area (Å²) in [5.41, 5.74) is 3.63. The van der Waals surface area contributed by atoms with Crippen molar-refractivity contribution in [2.45, 2.75) is 26.8 Å². The average Bonchev–Trinajstić information content (AvgIpc) is 2.47. The molecule has 3 nitrogen and oxygen atoms in total. The average molecular weight is 303 g/mol. The van der Waals surface area contributed by atoms with E-state index in [1.165, 1.54) is 11.8 Å². The van der Waals surface area contributed by atoms with Gasteiger partial charge in [0.1, 0.15) is 0 Å². The molecule has 0 saturated carbocycles. The van der Waals surface area contributed by atoms with Crippen molar-refractivity contribution >= 4 is 17.5 Å². The lowest BCUT2D eigenvalue weighted by Gasteiger charge is -2.18. The number of benzene rings is 1. The number of rotatable bonds is 4. The fourth-order valence-electron chi connectivity index (χ4n) is 2.12. The van der Waals surface area contributed by atoms with Crippen LogP contribution in [0.25, 0.3) is 0 Å². The molecule has 0 N–H and O–H groups in total. The van der Waals surface area contributed by atoms with Crippen molar-refractivity contribution in [2.24, 2.45) is 0 Å². The Morgan fingerprint density at radius 1 is 1.24 bits per heavy atom. The van der Waals surface area contributed by atoms with Gasteiger partial charge >= 0.3 is 0 Å². The van der Waals surface area contributed by atoms with E-state index in [0.717, 1.165) is 17.7 Å².